The summed E-state index contributed by atoms with van der Waals surface area (Å²) >= 11 is 0. The van der Waals surface area contributed by atoms with Gasteiger partial charge in [0.1, 0.15) is 5.82 Å². The molecule has 6 heteroatoms. The monoisotopic (exact) mass is 442 g/mol. The van der Waals surface area contributed by atoms with E-state index in [9.17, 15) is 17.6 Å². The van der Waals surface area contributed by atoms with E-state index in [4.69, 9.17) is 0 Å². The summed E-state index contributed by atoms with van der Waals surface area (Å²) in [5, 5.41) is 3.43. The maximum atomic E-state index is 13.4. The summed E-state index contributed by atoms with van der Waals surface area (Å²) in [6.45, 7) is 3.62. The van der Waals surface area contributed by atoms with Crippen molar-refractivity contribution in [3.8, 4) is 0 Å². The Kier molecular flexibility index (Phi) is 7.37. The first-order chi connectivity index (χ1) is 15.2. The minimum absolute atomic E-state index is 0.0810. The lowest BCUT2D eigenvalue weighted by atomic mass is 9.98. The van der Waals surface area contributed by atoms with Gasteiger partial charge >= 0.3 is 6.18 Å². The molecule has 0 fully saturated rings. The van der Waals surface area contributed by atoms with E-state index in [2.05, 4.69) is 22.1 Å². The molecule has 0 saturated heterocycles. The highest BCUT2D eigenvalue weighted by atomic mass is 19.4. The van der Waals surface area contributed by atoms with E-state index in [0.29, 0.717) is 16.9 Å². The van der Waals surface area contributed by atoms with Crippen LogP contribution in [0.1, 0.15) is 33.1 Å². The summed E-state index contributed by atoms with van der Waals surface area (Å²) in [6.07, 6.45) is 6.45. The maximum absolute atomic E-state index is 13.4. The molecule has 2 aliphatic rings. The summed E-state index contributed by atoms with van der Waals surface area (Å²) in [5.74, 6) is -0.312. The van der Waals surface area contributed by atoms with Crippen molar-refractivity contribution in [3.63, 3.8) is 0 Å². The van der Waals surface area contributed by atoms with Crippen LogP contribution in [0.3, 0.4) is 0 Å². The topological polar surface area (TPSA) is 24.4 Å². The fourth-order valence-corrected chi connectivity index (χ4v) is 3.71. The van der Waals surface area contributed by atoms with E-state index in [-0.39, 0.29) is 11.9 Å². The Hall–Kier alpha value is -3.11. The highest BCUT2D eigenvalue weighted by molar-refractivity contribution is 6.11. The Morgan fingerprint density at radius 2 is 1.84 bits per heavy atom. The third-order valence-electron chi connectivity index (χ3n) is 5.35. The Balaban J connectivity index is 1.99. The Labute approximate surface area is 186 Å². The summed E-state index contributed by atoms with van der Waals surface area (Å²) in [5.41, 5.74) is 5.68. The van der Waals surface area contributed by atoms with Crippen molar-refractivity contribution in [1.29, 1.82) is 0 Å². The number of halogens is 4. The van der Waals surface area contributed by atoms with Gasteiger partial charge in [-0.1, -0.05) is 23.8 Å². The van der Waals surface area contributed by atoms with E-state index < -0.39 is 11.7 Å². The number of benzene rings is 1. The molecule has 1 N–H and O–H groups in total. The summed E-state index contributed by atoms with van der Waals surface area (Å²) in [6, 6.07) is 6.06. The second-order valence-electron chi connectivity index (χ2n) is 7.99. The minimum Gasteiger partial charge on any atom is -0.378 e. The van der Waals surface area contributed by atoms with Crippen LogP contribution < -0.4 is 5.32 Å². The number of anilines is 1. The van der Waals surface area contributed by atoms with Crippen molar-refractivity contribution in [1.82, 2.24) is 0 Å². The number of hydrogen-bond acceptors (Lipinski definition) is 2. The van der Waals surface area contributed by atoms with Crippen LogP contribution in [0, 0.1) is 5.82 Å². The molecule has 168 valence electrons. The molecule has 3 rings (SSSR count). The van der Waals surface area contributed by atoms with Gasteiger partial charge in [0, 0.05) is 18.3 Å². The molecule has 0 unspecified atom stereocenters. The molecule has 0 aromatic heterocycles. The molecule has 1 aromatic rings. The molecule has 0 spiro atoms. The number of aliphatic imine (C=N–C) groups is 1. The van der Waals surface area contributed by atoms with Gasteiger partial charge < -0.3 is 5.32 Å². The van der Waals surface area contributed by atoms with Crippen molar-refractivity contribution in [2.75, 3.05) is 12.4 Å². The van der Waals surface area contributed by atoms with Gasteiger partial charge in [0.05, 0.1) is 17.3 Å². The zero-order valence-electron chi connectivity index (χ0n) is 18.4. The Morgan fingerprint density at radius 1 is 1.12 bits per heavy atom. The zero-order valence-corrected chi connectivity index (χ0v) is 18.4. The van der Waals surface area contributed by atoms with Crippen molar-refractivity contribution >= 4 is 11.4 Å². The van der Waals surface area contributed by atoms with E-state index in [1.165, 1.54) is 17.7 Å². The predicted octanol–water partition coefficient (Wildman–Crippen LogP) is 7.26. The van der Waals surface area contributed by atoms with Crippen LogP contribution >= 0.6 is 0 Å². The lowest BCUT2D eigenvalue weighted by Gasteiger charge is -2.21. The highest BCUT2D eigenvalue weighted by Crippen LogP contribution is 2.30. The van der Waals surface area contributed by atoms with Gasteiger partial charge in [-0.15, -0.1) is 5.73 Å². The number of hydrogen-bond donors (Lipinski definition) is 1. The number of rotatable bonds is 4. The van der Waals surface area contributed by atoms with Gasteiger partial charge in [-0.3, -0.25) is 4.99 Å². The first kappa shape index (κ1) is 23.6. The van der Waals surface area contributed by atoms with Gasteiger partial charge in [0.25, 0.3) is 0 Å². The van der Waals surface area contributed by atoms with Crippen LogP contribution in [0.25, 0.3) is 0 Å². The molecule has 0 aliphatic heterocycles. The fourth-order valence-electron chi connectivity index (χ4n) is 3.71. The Morgan fingerprint density at radius 3 is 2.50 bits per heavy atom. The number of nitrogens with zero attached hydrogens (tertiary/aromatic N) is 1. The molecule has 0 radical (unpaired) electrons. The largest absolute Gasteiger partial charge is 0.423 e. The van der Waals surface area contributed by atoms with E-state index in [0.717, 1.165) is 36.6 Å². The van der Waals surface area contributed by atoms with E-state index >= 15 is 0 Å². The van der Waals surface area contributed by atoms with Gasteiger partial charge in [-0.25, -0.2) is 4.39 Å². The summed E-state index contributed by atoms with van der Waals surface area (Å²) in [7, 11) is 1.57. The van der Waals surface area contributed by atoms with Crippen LogP contribution in [-0.2, 0) is 0 Å². The molecular formula is C26H26F4N2. The summed E-state index contributed by atoms with van der Waals surface area (Å²) < 4.78 is 53.6. The molecular weight excluding hydrogens is 416 g/mol. The fraction of sp³-hybridized carbons (Fsp3) is 0.308. The first-order valence-electron chi connectivity index (χ1n) is 10.5. The number of nitrogens with one attached hydrogen (secondary N) is 1. The van der Waals surface area contributed by atoms with Crippen LogP contribution in [-0.4, -0.2) is 25.0 Å². The van der Waals surface area contributed by atoms with Gasteiger partial charge in [0.15, 0.2) is 0 Å². The quantitative estimate of drug-likeness (QED) is 0.296. The third kappa shape index (κ3) is 6.21. The molecule has 0 saturated carbocycles. The molecule has 32 heavy (non-hydrogen) atoms. The van der Waals surface area contributed by atoms with Crippen molar-refractivity contribution in [2.24, 2.45) is 4.99 Å². The summed E-state index contributed by atoms with van der Waals surface area (Å²) in [4.78, 5) is 4.29. The minimum atomic E-state index is -4.50. The zero-order chi connectivity index (χ0) is 23.3. The van der Waals surface area contributed by atoms with Gasteiger partial charge in [-0.2, -0.15) is 13.2 Å². The van der Waals surface area contributed by atoms with Crippen molar-refractivity contribution in [3.05, 3.63) is 94.1 Å². The second-order valence-corrected chi connectivity index (χ2v) is 7.99. The van der Waals surface area contributed by atoms with E-state index in [1.807, 2.05) is 13.0 Å². The third-order valence-corrected chi connectivity index (χ3v) is 5.35. The lowest BCUT2D eigenvalue weighted by Crippen LogP contribution is -2.21. The van der Waals surface area contributed by atoms with Crippen LogP contribution in [0.5, 0.6) is 0 Å². The van der Waals surface area contributed by atoms with E-state index in [1.54, 1.807) is 38.3 Å². The molecule has 1 aromatic carbocycles. The van der Waals surface area contributed by atoms with Crippen molar-refractivity contribution in [2.45, 2.75) is 45.3 Å². The molecule has 1 atom stereocenters. The lowest BCUT2D eigenvalue weighted by molar-refractivity contribution is -0.0880. The van der Waals surface area contributed by atoms with Crippen LogP contribution in [0.4, 0.5) is 23.2 Å². The SMILES string of the molecule is CN=C(/C=C1\C=C(C)CCC[C@H]1Nc1ccc(F)cc1)C1=CC(C(F)(F)F)=C=C(C)C=C1. The normalized spacial score (nSPS) is 21.3. The average Bonchev–Trinajstić information content (AvgIpc) is 3.03. The molecule has 2 aliphatic carbocycles. The number of alkyl halides is 3. The molecule has 2 nitrogen and oxygen atoms in total. The molecule has 0 heterocycles. The second kappa shape index (κ2) is 10.0. The smallest absolute Gasteiger partial charge is 0.378 e. The number of allylic oxidation sites excluding steroid dienone is 7. The van der Waals surface area contributed by atoms with Crippen LogP contribution in [0.15, 0.2) is 93.2 Å². The maximum Gasteiger partial charge on any atom is 0.423 e. The highest BCUT2D eigenvalue weighted by Gasteiger charge is 2.33. The molecule has 0 bridgehead atoms. The van der Waals surface area contributed by atoms with Crippen molar-refractivity contribution < 1.29 is 17.6 Å². The average molecular weight is 443 g/mol. The molecule has 0 amide bonds. The van der Waals surface area contributed by atoms with Gasteiger partial charge in [-0.05, 0) is 80.7 Å². The standard InChI is InChI=1S/C26H26F4N2/c1-17-5-4-6-24(32-23-11-9-22(27)10-12-23)20(13-17)16-25(31-3)19-8-7-18(2)14-21(15-19)26(28,29)30/h7-13,15-16,24,32H,4-6H2,1-3H3/b20-16+,31-25?/t24-/m1/s1. The predicted molar refractivity (Wildman–Crippen MR) is 122 cm³/mol. The van der Waals surface area contributed by atoms with Crippen LogP contribution in [0.2, 0.25) is 0 Å². The Bertz CT molecular complexity index is 1070. The van der Waals surface area contributed by atoms with Gasteiger partial charge in [0.2, 0.25) is 0 Å². The first-order valence-corrected chi connectivity index (χ1v) is 10.5.